The molecule has 0 radical (unpaired) electrons. The Morgan fingerprint density at radius 1 is 1.28 bits per heavy atom. The van der Waals surface area contributed by atoms with Crippen LogP contribution < -0.4 is 10.6 Å². The van der Waals surface area contributed by atoms with Crippen molar-refractivity contribution in [1.29, 1.82) is 0 Å². The van der Waals surface area contributed by atoms with Crippen molar-refractivity contribution in [2.75, 3.05) is 23.7 Å². The van der Waals surface area contributed by atoms with Crippen LogP contribution in [0.3, 0.4) is 0 Å². The van der Waals surface area contributed by atoms with Gasteiger partial charge in [0.2, 0.25) is 5.91 Å². The first-order valence-electron chi connectivity index (χ1n) is 10.9. The number of imidazole rings is 1. The molecule has 1 aliphatic heterocycles. The largest absolute Gasteiger partial charge is 0.337 e. The summed E-state index contributed by atoms with van der Waals surface area (Å²) in [5, 5.41) is 8.31. The Hall–Kier alpha value is -3.04. The molecule has 9 heteroatoms. The van der Waals surface area contributed by atoms with E-state index in [9.17, 15) is 9.59 Å². The second kappa shape index (κ2) is 10.5. The third-order valence-electron chi connectivity index (χ3n) is 5.46. The van der Waals surface area contributed by atoms with E-state index >= 15 is 0 Å². The van der Waals surface area contributed by atoms with E-state index in [1.807, 2.05) is 16.1 Å². The van der Waals surface area contributed by atoms with Crippen LogP contribution in [0.15, 0.2) is 48.4 Å². The number of piperidine rings is 1. The third-order valence-corrected chi connectivity index (χ3v) is 6.27. The first kappa shape index (κ1) is 22.2. The molecular weight excluding hydrogens is 424 g/mol. The van der Waals surface area contributed by atoms with E-state index in [0.29, 0.717) is 29.3 Å². The Kier molecular flexibility index (Phi) is 7.28. The number of benzene rings is 1. The molecule has 2 N–H and O–H groups in total. The topological polar surface area (TPSA) is 92.2 Å². The number of rotatable bonds is 8. The highest BCUT2D eigenvalue weighted by atomic mass is 32.1. The summed E-state index contributed by atoms with van der Waals surface area (Å²) >= 11 is 1.44. The highest BCUT2D eigenvalue weighted by molar-refractivity contribution is 7.14. The molecule has 8 nitrogen and oxygen atoms in total. The minimum absolute atomic E-state index is 0.118. The van der Waals surface area contributed by atoms with Gasteiger partial charge in [0, 0.05) is 55.1 Å². The smallest absolute Gasteiger partial charge is 0.257 e. The van der Waals surface area contributed by atoms with Gasteiger partial charge in [-0.1, -0.05) is 13.0 Å². The van der Waals surface area contributed by atoms with Crippen LogP contribution in [0.25, 0.3) is 0 Å². The highest BCUT2D eigenvalue weighted by Crippen LogP contribution is 2.22. The molecule has 1 atom stereocenters. The molecule has 2 amide bonds. The minimum Gasteiger partial charge on any atom is -0.337 e. The zero-order valence-corrected chi connectivity index (χ0v) is 19.0. The first-order valence-corrected chi connectivity index (χ1v) is 11.8. The Morgan fingerprint density at radius 3 is 3.00 bits per heavy atom. The molecule has 0 spiro atoms. The van der Waals surface area contributed by atoms with Gasteiger partial charge in [-0.3, -0.25) is 19.8 Å². The fraction of sp³-hybridized carbons (Fsp3) is 0.391. The van der Waals surface area contributed by atoms with E-state index in [1.165, 1.54) is 24.2 Å². The monoisotopic (exact) mass is 452 g/mol. The lowest BCUT2D eigenvalue weighted by atomic mass is 10.0. The number of hydrogen-bond donors (Lipinski definition) is 2. The summed E-state index contributed by atoms with van der Waals surface area (Å²) in [4.78, 5) is 35.9. The van der Waals surface area contributed by atoms with E-state index in [1.54, 1.807) is 36.8 Å². The van der Waals surface area contributed by atoms with Crippen molar-refractivity contribution >= 4 is 34.0 Å². The minimum atomic E-state index is -0.244. The molecule has 0 saturated carbocycles. The number of hydrogen-bond acceptors (Lipinski definition) is 6. The summed E-state index contributed by atoms with van der Waals surface area (Å²) in [6.07, 6.45) is 8.01. The Morgan fingerprint density at radius 2 is 2.19 bits per heavy atom. The number of aryl methyl sites for hydroxylation is 1. The summed E-state index contributed by atoms with van der Waals surface area (Å²) in [6.45, 7) is 5.85. The van der Waals surface area contributed by atoms with Gasteiger partial charge in [0.25, 0.3) is 5.91 Å². The van der Waals surface area contributed by atoms with Gasteiger partial charge in [-0.2, -0.15) is 0 Å². The van der Waals surface area contributed by atoms with Gasteiger partial charge in [0.05, 0.1) is 12.0 Å². The second-order valence-corrected chi connectivity index (χ2v) is 9.12. The predicted molar refractivity (Wildman–Crippen MR) is 126 cm³/mol. The first-order chi connectivity index (χ1) is 15.5. The molecule has 1 aromatic carbocycles. The van der Waals surface area contributed by atoms with Crippen LogP contribution in [0.5, 0.6) is 0 Å². The SMILES string of the molecule is CC1CCCN(Cc2csc(NC(=O)c3cccc(NC(=O)CCn4ccnc4)c3)n2)C1. The van der Waals surface area contributed by atoms with E-state index in [-0.39, 0.29) is 11.8 Å². The number of likely N-dealkylation sites (tertiary alicyclic amines) is 1. The lowest BCUT2D eigenvalue weighted by Gasteiger charge is -2.30. The van der Waals surface area contributed by atoms with Crippen LogP contribution in [0.2, 0.25) is 0 Å². The van der Waals surface area contributed by atoms with Crippen molar-refractivity contribution in [2.45, 2.75) is 39.3 Å². The van der Waals surface area contributed by atoms with Crippen LogP contribution in [-0.4, -0.2) is 44.3 Å². The summed E-state index contributed by atoms with van der Waals surface area (Å²) < 4.78 is 1.84. The molecule has 2 aromatic heterocycles. The lowest BCUT2D eigenvalue weighted by molar-refractivity contribution is -0.116. The fourth-order valence-corrected chi connectivity index (χ4v) is 4.57. The molecule has 32 heavy (non-hydrogen) atoms. The van der Waals surface area contributed by atoms with Crippen molar-refractivity contribution in [3.05, 3.63) is 59.6 Å². The van der Waals surface area contributed by atoms with Crippen LogP contribution in [-0.2, 0) is 17.9 Å². The molecule has 3 aromatic rings. The maximum Gasteiger partial charge on any atom is 0.257 e. The number of aromatic nitrogens is 3. The van der Waals surface area contributed by atoms with E-state index in [0.717, 1.165) is 31.2 Å². The summed E-state index contributed by atoms with van der Waals surface area (Å²) in [5.74, 6) is 0.361. The van der Waals surface area contributed by atoms with Crippen molar-refractivity contribution in [1.82, 2.24) is 19.4 Å². The van der Waals surface area contributed by atoms with Gasteiger partial charge in [-0.25, -0.2) is 9.97 Å². The quantitative estimate of drug-likeness (QED) is 0.542. The van der Waals surface area contributed by atoms with Gasteiger partial charge in [-0.15, -0.1) is 11.3 Å². The van der Waals surface area contributed by atoms with Gasteiger partial charge < -0.3 is 9.88 Å². The van der Waals surface area contributed by atoms with E-state index in [2.05, 4.69) is 32.4 Å². The van der Waals surface area contributed by atoms with Crippen molar-refractivity contribution in [3.63, 3.8) is 0 Å². The van der Waals surface area contributed by atoms with Crippen molar-refractivity contribution in [3.8, 4) is 0 Å². The van der Waals surface area contributed by atoms with Gasteiger partial charge in [0.15, 0.2) is 5.13 Å². The summed E-state index contributed by atoms with van der Waals surface area (Å²) in [7, 11) is 0. The fourth-order valence-electron chi connectivity index (χ4n) is 3.88. The Labute approximate surface area is 191 Å². The standard InChI is InChI=1S/C23H28N6O2S/c1-17-4-3-9-29(13-17)14-20-15-32-23(26-20)27-22(31)18-5-2-6-19(12-18)25-21(30)7-10-28-11-8-24-16-28/h2,5-6,8,11-12,15-17H,3-4,7,9-10,13-14H2,1H3,(H,25,30)(H,26,27,31). The Balaban J connectivity index is 1.30. The van der Waals surface area contributed by atoms with Crippen molar-refractivity contribution < 1.29 is 9.59 Å². The van der Waals surface area contributed by atoms with Crippen LogP contribution >= 0.6 is 11.3 Å². The van der Waals surface area contributed by atoms with Crippen LogP contribution in [0, 0.1) is 5.92 Å². The average Bonchev–Trinajstić information content (AvgIpc) is 3.45. The number of carbonyl (C=O) groups excluding carboxylic acids is 2. The van der Waals surface area contributed by atoms with Crippen molar-refractivity contribution in [2.24, 2.45) is 5.92 Å². The summed E-state index contributed by atoms with van der Waals surface area (Å²) in [6, 6.07) is 6.92. The normalized spacial score (nSPS) is 16.6. The third kappa shape index (κ3) is 6.24. The zero-order chi connectivity index (χ0) is 22.3. The molecule has 1 aliphatic rings. The van der Waals surface area contributed by atoms with E-state index in [4.69, 9.17) is 0 Å². The van der Waals surface area contributed by atoms with Crippen LogP contribution in [0.4, 0.5) is 10.8 Å². The predicted octanol–water partition coefficient (Wildman–Crippen LogP) is 3.85. The number of amides is 2. The molecule has 3 heterocycles. The average molecular weight is 453 g/mol. The number of carbonyl (C=O) groups is 2. The molecule has 4 rings (SSSR count). The number of anilines is 2. The molecule has 0 bridgehead atoms. The number of nitrogens with one attached hydrogen (secondary N) is 2. The Bertz CT molecular complexity index is 1050. The maximum atomic E-state index is 12.7. The lowest BCUT2D eigenvalue weighted by Crippen LogP contribution is -2.33. The van der Waals surface area contributed by atoms with Gasteiger partial charge in [-0.05, 0) is 43.5 Å². The van der Waals surface area contributed by atoms with E-state index < -0.39 is 0 Å². The summed E-state index contributed by atoms with van der Waals surface area (Å²) in [5.41, 5.74) is 2.05. The molecule has 1 saturated heterocycles. The molecule has 168 valence electrons. The molecule has 1 unspecified atom stereocenters. The molecular formula is C23H28N6O2S. The van der Waals surface area contributed by atoms with Gasteiger partial charge in [0.1, 0.15) is 0 Å². The molecule has 0 aliphatic carbocycles. The highest BCUT2D eigenvalue weighted by Gasteiger charge is 2.18. The number of thiazole rings is 1. The number of nitrogens with zero attached hydrogens (tertiary/aromatic N) is 4. The van der Waals surface area contributed by atoms with Crippen LogP contribution in [0.1, 0.15) is 42.2 Å². The van der Waals surface area contributed by atoms with Gasteiger partial charge >= 0.3 is 0 Å². The second-order valence-electron chi connectivity index (χ2n) is 8.26. The zero-order valence-electron chi connectivity index (χ0n) is 18.2. The molecule has 1 fully saturated rings. The maximum absolute atomic E-state index is 12.7.